The molecule has 0 N–H and O–H groups in total. The predicted octanol–water partition coefficient (Wildman–Crippen LogP) is 4.70. The van der Waals surface area contributed by atoms with Crippen LogP contribution >= 0.6 is 46.3 Å². The summed E-state index contributed by atoms with van der Waals surface area (Å²) in [6.45, 7) is 0. The van der Waals surface area contributed by atoms with Crippen LogP contribution in [0, 0.1) is 0 Å². The number of nitrogens with zero attached hydrogens (tertiary/aromatic N) is 1. The second-order valence-electron chi connectivity index (χ2n) is 3.26. The van der Waals surface area contributed by atoms with Crippen LogP contribution < -0.4 is 0 Å². The zero-order valence-electron chi connectivity index (χ0n) is 8.16. The molecule has 2 aromatic rings. The van der Waals surface area contributed by atoms with Crippen LogP contribution in [0.2, 0.25) is 0 Å². The number of ketones is 1. The molecule has 90 valence electrons. The van der Waals surface area contributed by atoms with Gasteiger partial charge < -0.3 is 0 Å². The molecule has 0 saturated heterocycles. The zero-order chi connectivity index (χ0) is 12.6. The van der Waals surface area contributed by atoms with E-state index in [1.165, 1.54) is 15.3 Å². The largest absolute Gasteiger partial charge is 0.300 e. The summed E-state index contributed by atoms with van der Waals surface area (Å²) in [6.07, 6.45) is -1.53. The molecule has 2 nitrogen and oxygen atoms in total. The Balaban J connectivity index is 2.71. The summed E-state index contributed by atoms with van der Waals surface area (Å²) in [4.78, 5) is 11.4. The van der Waals surface area contributed by atoms with Crippen molar-refractivity contribution in [2.24, 2.45) is 0 Å². The van der Waals surface area contributed by atoms with Crippen molar-refractivity contribution in [2.75, 3.05) is 0 Å². The van der Waals surface area contributed by atoms with Crippen LogP contribution in [0.3, 0.4) is 0 Å². The Morgan fingerprint density at radius 2 is 2.18 bits per heavy atom. The summed E-state index contributed by atoms with van der Waals surface area (Å²) >= 11 is 5.30. The van der Waals surface area contributed by atoms with Gasteiger partial charge in [0.15, 0.2) is 0 Å². The van der Waals surface area contributed by atoms with E-state index in [2.05, 4.69) is 15.9 Å². The van der Waals surface area contributed by atoms with Gasteiger partial charge >= 0.3 is 6.43 Å². The monoisotopic (exact) mass is 431 g/mol. The smallest absolute Gasteiger partial charge is 0.288 e. The minimum absolute atomic E-state index is 0.0560. The number of Topliss-reactive ketones (excluding diaryl/α,β-unsaturated/α-hetero) is 1. The normalized spacial score (nSPS) is 11.4. The van der Waals surface area contributed by atoms with E-state index in [9.17, 15) is 13.6 Å². The Kier molecular flexibility index (Phi) is 4.09. The van der Waals surface area contributed by atoms with Gasteiger partial charge in [0.1, 0.15) is 0 Å². The van der Waals surface area contributed by atoms with Crippen molar-refractivity contribution in [3.63, 3.8) is 0 Å². The predicted molar refractivity (Wildman–Crippen MR) is 77.0 cm³/mol. The molecule has 7 heteroatoms. The lowest BCUT2D eigenvalue weighted by atomic mass is 10.1. The average molecular weight is 432 g/mol. The molecule has 1 aromatic carbocycles. The maximum Gasteiger partial charge on any atom is 0.300 e. The van der Waals surface area contributed by atoms with Crippen LogP contribution in [0.4, 0.5) is 8.78 Å². The fourth-order valence-electron chi connectivity index (χ4n) is 1.54. The van der Waals surface area contributed by atoms with Crippen molar-refractivity contribution in [1.82, 2.24) is 3.97 Å². The summed E-state index contributed by atoms with van der Waals surface area (Å²) in [5, 5.41) is 0.536. The molecule has 0 unspecified atom stereocenters. The van der Waals surface area contributed by atoms with Gasteiger partial charge in [-0.2, -0.15) is 0 Å². The fraction of sp³-hybridized carbons (Fsp3) is 0.100. The minimum Gasteiger partial charge on any atom is -0.288 e. The van der Waals surface area contributed by atoms with Crippen molar-refractivity contribution in [3.8, 4) is 0 Å². The van der Waals surface area contributed by atoms with Gasteiger partial charge in [-0.1, -0.05) is 15.9 Å². The standard InChI is InChI=1S/C10H5BrF2INOS/c11-5-1-2-8-6(3-5)7(4-15(8)17-14)9(16)10(12)13/h1-4,10H. The SMILES string of the molecule is O=C(c1cn(SI)c2ccc(Br)cc12)C(F)F. The van der Waals surface area contributed by atoms with E-state index in [1.54, 1.807) is 16.1 Å². The Morgan fingerprint density at radius 3 is 2.76 bits per heavy atom. The molecule has 0 aliphatic carbocycles. The van der Waals surface area contributed by atoms with Crippen LogP contribution in [0.1, 0.15) is 10.4 Å². The molecular formula is C10H5BrF2INOS. The zero-order valence-corrected chi connectivity index (χ0v) is 12.7. The van der Waals surface area contributed by atoms with Crippen LogP contribution in [0.25, 0.3) is 10.9 Å². The van der Waals surface area contributed by atoms with Crippen molar-refractivity contribution in [3.05, 3.63) is 34.4 Å². The van der Waals surface area contributed by atoms with E-state index in [0.717, 1.165) is 9.99 Å². The van der Waals surface area contributed by atoms with E-state index in [-0.39, 0.29) is 5.56 Å². The highest BCUT2D eigenvalue weighted by atomic mass is 127. The maximum atomic E-state index is 12.5. The second kappa shape index (κ2) is 5.23. The number of hydrogen-bond acceptors (Lipinski definition) is 2. The molecule has 0 spiro atoms. The first kappa shape index (κ1) is 13.3. The van der Waals surface area contributed by atoms with Crippen LogP contribution in [0.15, 0.2) is 28.9 Å². The molecule has 2 rings (SSSR count). The third-order valence-electron chi connectivity index (χ3n) is 2.27. The molecule has 0 aliphatic heterocycles. The number of halogens is 4. The lowest BCUT2D eigenvalue weighted by Gasteiger charge is -1.98. The Labute approximate surface area is 121 Å². The van der Waals surface area contributed by atoms with Crippen LogP contribution in [0.5, 0.6) is 0 Å². The molecule has 0 aliphatic rings. The molecule has 0 amide bonds. The number of benzene rings is 1. The lowest BCUT2D eigenvalue weighted by molar-refractivity contribution is 0.0680. The number of carbonyl (C=O) groups excluding carboxylic acids is 1. The summed E-state index contributed by atoms with van der Waals surface area (Å²) in [5.74, 6) is -1.14. The molecule has 0 radical (unpaired) electrons. The van der Waals surface area contributed by atoms with E-state index >= 15 is 0 Å². The molecule has 0 bridgehead atoms. The third-order valence-corrected chi connectivity index (χ3v) is 4.49. The first-order valence-electron chi connectivity index (χ1n) is 4.46. The highest BCUT2D eigenvalue weighted by Gasteiger charge is 2.22. The molecule has 1 heterocycles. The Hall–Kier alpha value is -0.150. The maximum absolute atomic E-state index is 12.5. The Morgan fingerprint density at radius 1 is 1.47 bits per heavy atom. The second-order valence-corrected chi connectivity index (χ2v) is 5.89. The third kappa shape index (κ3) is 2.50. The van der Waals surface area contributed by atoms with Crippen molar-refractivity contribution >= 4 is 62.9 Å². The van der Waals surface area contributed by atoms with Gasteiger partial charge in [-0.25, -0.2) is 8.78 Å². The van der Waals surface area contributed by atoms with E-state index in [0.29, 0.717) is 5.39 Å². The number of rotatable bonds is 3. The van der Waals surface area contributed by atoms with Gasteiger partial charge in [-0.15, -0.1) is 0 Å². The highest BCUT2D eigenvalue weighted by Crippen LogP contribution is 2.31. The first-order valence-corrected chi connectivity index (χ1v) is 8.57. The van der Waals surface area contributed by atoms with Crippen molar-refractivity contribution < 1.29 is 13.6 Å². The molecule has 17 heavy (non-hydrogen) atoms. The van der Waals surface area contributed by atoms with Gasteiger partial charge in [-0.05, 0) is 18.2 Å². The topological polar surface area (TPSA) is 22.0 Å². The van der Waals surface area contributed by atoms with Gasteiger partial charge in [-0.3, -0.25) is 8.77 Å². The fourth-order valence-corrected chi connectivity index (χ4v) is 3.26. The summed E-state index contributed by atoms with van der Waals surface area (Å²) in [5.41, 5.74) is 0.803. The number of hydrogen-bond donors (Lipinski definition) is 0. The highest BCUT2D eigenvalue weighted by molar-refractivity contribution is 14.2. The quantitative estimate of drug-likeness (QED) is 0.519. The van der Waals surface area contributed by atoms with E-state index < -0.39 is 12.2 Å². The minimum atomic E-state index is -2.98. The summed E-state index contributed by atoms with van der Waals surface area (Å²) < 4.78 is 27.4. The van der Waals surface area contributed by atoms with Crippen molar-refractivity contribution in [2.45, 2.75) is 6.43 Å². The van der Waals surface area contributed by atoms with E-state index in [4.69, 9.17) is 0 Å². The summed E-state index contributed by atoms with van der Waals surface area (Å²) in [7, 11) is 1.33. The van der Waals surface area contributed by atoms with Gasteiger partial charge in [0, 0.05) is 46.4 Å². The molecule has 0 saturated carbocycles. The molecule has 0 fully saturated rings. The first-order chi connectivity index (χ1) is 8.04. The van der Waals surface area contributed by atoms with E-state index in [1.807, 2.05) is 27.3 Å². The van der Waals surface area contributed by atoms with Gasteiger partial charge in [0.25, 0.3) is 0 Å². The van der Waals surface area contributed by atoms with Crippen LogP contribution in [-0.4, -0.2) is 16.2 Å². The Bertz CT molecular complexity index is 587. The van der Waals surface area contributed by atoms with Crippen molar-refractivity contribution in [1.29, 1.82) is 0 Å². The number of carbonyl (C=O) groups is 1. The van der Waals surface area contributed by atoms with Gasteiger partial charge in [0.2, 0.25) is 5.78 Å². The molecule has 1 aromatic heterocycles. The number of aromatic nitrogens is 1. The number of fused-ring (bicyclic) bond motifs is 1. The summed E-state index contributed by atoms with van der Waals surface area (Å²) in [6, 6.07) is 5.27. The van der Waals surface area contributed by atoms with Gasteiger partial charge in [0.05, 0.1) is 11.1 Å². The van der Waals surface area contributed by atoms with Crippen LogP contribution in [-0.2, 0) is 0 Å². The molecular weight excluding hydrogens is 427 g/mol. The lowest BCUT2D eigenvalue weighted by Crippen LogP contribution is -2.09. The average Bonchev–Trinajstić information content (AvgIpc) is 2.65. The molecule has 0 atom stereocenters. The number of alkyl halides is 2.